The summed E-state index contributed by atoms with van der Waals surface area (Å²) in [6.07, 6.45) is 0. The Kier molecular flexibility index (Phi) is 3.27. The maximum atomic E-state index is 10.5. The summed E-state index contributed by atoms with van der Waals surface area (Å²) in [7, 11) is 1.89. The molecule has 0 bridgehead atoms. The van der Waals surface area contributed by atoms with E-state index in [-0.39, 0.29) is 5.69 Å². The van der Waals surface area contributed by atoms with E-state index in [4.69, 9.17) is 4.18 Å². The molecular formula is C11H13N3O3S. The van der Waals surface area contributed by atoms with Crippen LogP contribution in [0.1, 0.15) is 13.8 Å². The van der Waals surface area contributed by atoms with Gasteiger partial charge in [-0.25, -0.2) is 4.99 Å². The van der Waals surface area contributed by atoms with E-state index in [1.807, 2.05) is 25.8 Å². The van der Waals surface area contributed by atoms with Crippen molar-refractivity contribution in [3.05, 3.63) is 34.4 Å². The SMILES string of the molecule is CN1C(=Nc2ccc([N+](=O)[O-])cc2)SOC1(C)C. The van der Waals surface area contributed by atoms with Crippen LogP contribution in [0.4, 0.5) is 11.4 Å². The summed E-state index contributed by atoms with van der Waals surface area (Å²) in [5.41, 5.74) is 0.323. The van der Waals surface area contributed by atoms with Crippen LogP contribution in [-0.4, -0.2) is 27.8 Å². The Labute approximate surface area is 109 Å². The lowest BCUT2D eigenvalue weighted by Gasteiger charge is -2.25. The van der Waals surface area contributed by atoms with E-state index in [0.717, 1.165) is 5.17 Å². The van der Waals surface area contributed by atoms with Gasteiger partial charge in [-0.05, 0) is 26.0 Å². The largest absolute Gasteiger partial charge is 0.324 e. The van der Waals surface area contributed by atoms with Crippen LogP contribution in [0.3, 0.4) is 0 Å². The molecule has 1 aliphatic heterocycles. The van der Waals surface area contributed by atoms with Crippen LogP contribution < -0.4 is 0 Å². The fourth-order valence-electron chi connectivity index (χ4n) is 1.33. The quantitative estimate of drug-likeness (QED) is 0.468. The zero-order chi connectivity index (χ0) is 13.3. The Morgan fingerprint density at radius 3 is 2.44 bits per heavy atom. The highest BCUT2D eigenvalue weighted by Gasteiger charge is 2.35. The van der Waals surface area contributed by atoms with E-state index < -0.39 is 10.6 Å². The first kappa shape index (κ1) is 12.8. The second-order valence-electron chi connectivity index (χ2n) is 4.34. The van der Waals surface area contributed by atoms with Gasteiger partial charge >= 0.3 is 0 Å². The van der Waals surface area contributed by atoms with Gasteiger partial charge in [-0.3, -0.25) is 14.3 Å². The first-order chi connectivity index (χ1) is 8.40. The molecule has 7 heteroatoms. The molecule has 1 aliphatic rings. The molecule has 0 radical (unpaired) electrons. The van der Waals surface area contributed by atoms with Crippen LogP contribution in [0.25, 0.3) is 0 Å². The molecule has 1 fully saturated rings. The fourth-order valence-corrected chi connectivity index (χ4v) is 2.20. The van der Waals surface area contributed by atoms with E-state index in [9.17, 15) is 10.1 Å². The van der Waals surface area contributed by atoms with Gasteiger partial charge in [0, 0.05) is 19.2 Å². The highest BCUT2D eigenvalue weighted by atomic mass is 32.2. The third-order valence-corrected chi connectivity index (χ3v) is 3.71. The molecule has 96 valence electrons. The van der Waals surface area contributed by atoms with Crippen molar-refractivity contribution in [2.24, 2.45) is 4.99 Å². The van der Waals surface area contributed by atoms with E-state index in [1.165, 1.54) is 24.2 Å². The second-order valence-corrected chi connectivity index (χ2v) is 5.04. The fraction of sp³-hybridized carbons (Fsp3) is 0.364. The van der Waals surface area contributed by atoms with Gasteiger partial charge in [-0.15, -0.1) is 0 Å². The molecule has 6 nitrogen and oxygen atoms in total. The van der Waals surface area contributed by atoms with Crippen molar-refractivity contribution in [3.63, 3.8) is 0 Å². The van der Waals surface area contributed by atoms with Gasteiger partial charge in [0.05, 0.1) is 22.7 Å². The van der Waals surface area contributed by atoms with Crippen molar-refractivity contribution in [1.82, 2.24) is 4.90 Å². The molecule has 1 saturated heterocycles. The normalized spacial score (nSPS) is 20.4. The number of benzene rings is 1. The lowest BCUT2D eigenvalue weighted by atomic mass is 10.3. The molecule has 1 aromatic carbocycles. The average Bonchev–Trinajstić information content (AvgIpc) is 2.57. The Balaban J connectivity index is 2.21. The lowest BCUT2D eigenvalue weighted by Crippen LogP contribution is -2.38. The summed E-state index contributed by atoms with van der Waals surface area (Å²) in [5, 5.41) is 11.3. The number of non-ortho nitro benzene ring substituents is 1. The summed E-state index contributed by atoms with van der Waals surface area (Å²) in [5.74, 6) is 0. The predicted molar refractivity (Wildman–Crippen MR) is 70.7 cm³/mol. The number of nitro benzene ring substituents is 1. The van der Waals surface area contributed by atoms with Gasteiger partial charge in [-0.2, -0.15) is 0 Å². The van der Waals surface area contributed by atoms with Crippen molar-refractivity contribution >= 4 is 28.6 Å². The number of hydrogen-bond acceptors (Lipinski definition) is 5. The van der Waals surface area contributed by atoms with Crippen LogP contribution in [0.5, 0.6) is 0 Å². The highest BCUT2D eigenvalue weighted by Crippen LogP contribution is 2.34. The van der Waals surface area contributed by atoms with Gasteiger partial charge in [-0.1, -0.05) is 0 Å². The second kappa shape index (κ2) is 4.58. The Bertz CT molecular complexity index is 499. The molecule has 1 aromatic rings. The summed E-state index contributed by atoms with van der Waals surface area (Å²) in [4.78, 5) is 16.4. The zero-order valence-electron chi connectivity index (χ0n) is 10.3. The number of aliphatic imine (C=N–C) groups is 1. The standard InChI is InChI=1S/C11H13N3O3S/c1-11(2)13(3)10(18-17-11)12-8-4-6-9(7-5-8)14(15)16/h4-7H,1-3H3. The number of nitrogens with zero attached hydrogens (tertiary/aromatic N) is 3. The maximum Gasteiger partial charge on any atom is 0.269 e. The van der Waals surface area contributed by atoms with Gasteiger partial charge in [0.15, 0.2) is 10.9 Å². The Morgan fingerprint density at radius 2 is 2.00 bits per heavy atom. The highest BCUT2D eigenvalue weighted by molar-refractivity contribution is 8.10. The molecule has 2 rings (SSSR count). The van der Waals surface area contributed by atoms with Crippen molar-refractivity contribution in [1.29, 1.82) is 0 Å². The topological polar surface area (TPSA) is 68.0 Å². The first-order valence-corrected chi connectivity index (χ1v) is 6.07. The molecule has 0 unspecified atom stereocenters. The average molecular weight is 267 g/mol. The first-order valence-electron chi connectivity index (χ1n) is 5.33. The number of amidine groups is 1. The monoisotopic (exact) mass is 267 g/mol. The summed E-state index contributed by atoms with van der Waals surface area (Å²) in [6.45, 7) is 3.89. The van der Waals surface area contributed by atoms with Gasteiger partial charge in [0.1, 0.15) is 0 Å². The van der Waals surface area contributed by atoms with E-state index in [2.05, 4.69) is 4.99 Å². The van der Waals surface area contributed by atoms with Gasteiger partial charge in [0.2, 0.25) is 0 Å². The number of rotatable bonds is 2. The summed E-state index contributed by atoms with van der Waals surface area (Å²) in [6, 6.07) is 6.10. The minimum Gasteiger partial charge on any atom is -0.324 e. The van der Waals surface area contributed by atoms with Crippen LogP contribution >= 0.6 is 12.0 Å². The smallest absolute Gasteiger partial charge is 0.269 e. The van der Waals surface area contributed by atoms with Crippen molar-refractivity contribution < 1.29 is 9.11 Å². The van der Waals surface area contributed by atoms with Crippen LogP contribution in [0.2, 0.25) is 0 Å². The molecule has 0 spiro atoms. The number of hydrogen-bond donors (Lipinski definition) is 0. The molecule has 0 N–H and O–H groups in total. The third-order valence-electron chi connectivity index (χ3n) is 2.70. The molecular weight excluding hydrogens is 254 g/mol. The lowest BCUT2D eigenvalue weighted by molar-refractivity contribution is -0.384. The predicted octanol–water partition coefficient (Wildman–Crippen LogP) is 2.93. The Hall–Kier alpha value is -1.60. The minimum atomic E-state index is -0.431. The molecule has 0 amide bonds. The van der Waals surface area contributed by atoms with Crippen molar-refractivity contribution in [2.75, 3.05) is 7.05 Å². The van der Waals surface area contributed by atoms with E-state index in [1.54, 1.807) is 12.1 Å². The minimum absolute atomic E-state index is 0.0583. The van der Waals surface area contributed by atoms with E-state index in [0.29, 0.717) is 5.69 Å². The summed E-state index contributed by atoms with van der Waals surface area (Å²) < 4.78 is 5.50. The third kappa shape index (κ3) is 2.46. The number of nitro groups is 1. The van der Waals surface area contributed by atoms with Gasteiger partial charge < -0.3 is 4.90 Å². The Morgan fingerprint density at radius 1 is 1.39 bits per heavy atom. The molecule has 0 aromatic heterocycles. The van der Waals surface area contributed by atoms with Gasteiger partial charge in [0.25, 0.3) is 5.69 Å². The van der Waals surface area contributed by atoms with Crippen molar-refractivity contribution in [2.45, 2.75) is 19.6 Å². The molecule has 0 aliphatic carbocycles. The molecule has 18 heavy (non-hydrogen) atoms. The van der Waals surface area contributed by atoms with E-state index >= 15 is 0 Å². The molecule has 0 atom stereocenters. The zero-order valence-corrected chi connectivity index (χ0v) is 11.1. The molecule has 0 saturated carbocycles. The summed E-state index contributed by atoms with van der Waals surface area (Å²) >= 11 is 1.20. The molecule has 1 heterocycles. The van der Waals surface area contributed by atoms with Crippen LogP contribution in [0.15, 0.2) is 29.3 Å². The van der Waals surface area contributed by atoms with Crippen LogP contribution in [0, 0.1) is 10.1 Å². The van der Waals surface area contributed by atoms with Crippen molar-refractivity contribution in [3.8, 4) is 0 Å². The maximum absolute atomic E-state index is 10.5. The van der Waals surface area contributed by atoms with Crippen LogP contribution in [-0.2, 0) is 4.18 Å².